The lowest BCUT2D eigenvalue weighted by molar-refractivity contribution is -0.141. The van der Waals surface area contributed by atoms with Crippen LogP contribution >= 0.6 is 0 Å². The van der Waals surface area contributed by atoms with Gasteiger partial charge in [0.15, 0.2) is 0 Å². The van der Waals surface area contributed by atoms with Crippen molar-refractivity contribution >= 4 is 0 Å². The van der Waals surface area contributed by atoms with Gasteiger partial charge in [-0.25, -0.2) is 0 Å². The lowest BCUT2D eigenvalue weighted by Gasteiger charge is -2.09. The van der Waals surface area contributed by atoms with Crippen LogP contribution in [0.25, 0.3) is 0 Å². The molecule has 0 spiro atoms. The Labute approximate surface area is 77.7 Å². The minimum Gasteiger partial charge on any atom is -0.326 e. The molecular formula is C8H9F3N2O. The molecule has 0 unspecified atom stereocenters. The van der Waals surface area contributed by atoms with E-state index in [1.807, 2.05) is 0 Å². The molecule has 0 aromatic carbocycles. The third-order valence-corrected chi connectivity index (χ3v) is 1.87. The predicted molar refractivity (Wildman–Crippen MR) is 44.7 cm³/mol. The molecule has 0 fully saturated rings. The molecule has 0 aliphatic heterocycles. The van der Waals surface area contributed by atoms with Gasteiger partial charge in [0.25, 0.3) is 5.56 Å². The first-order valence-electron chi connectivity index (χ1n) is 3.86. The molecule has 0 saturated heterocycles. The number of nitrogens with two attached hydrogens (primary N) is 1. The summed E-state index contributed by atoms with van der Waals surface area (Å²) in [5, 5.41) is 0. The van der Waals surface area contributed by atoms with Crippen molar-refractivity contribution in [3.8, 4) is 0 Å². The third kappa shape index (κ3) is 1.95. The standard InChI is InChI=1S/C8H9F3N2O/c1-4-2-6(8(9,10)11)13-7(14)5(4)3-12/h2H,3,12H2,1H3,(H,13,14). The van der Waals surface area contributed by atoms with Crippen LogP contribution in [0.1, 0.15) is 16.8 Å². The van der Waals surface area contributed by atoms with Gasteiger partial charge in [-0.2, -0.15) is 13.2 Å². The number of alkyl halides is 3. The number of aryl methyl sites for hydroxylation is 1. The molecule has 1 aromatic heterocycles. The molecule has 1 aromatic rings. The van der Waals surface area contributed by atoms with Gasteiger partial charge >= 0.3 is 6.18 Å². The number of aromatic amines is 1. The van der Waals surface area contributed by atoms with E-state index in [0.29, 0.717) is 0 Å². The van der Waals surface area contributed by atoms with Crippen molar-refractivity contribution in [1.82, 2.24) is 4.98 Å². The molecule has 0 saturated carbocycles. The highest BCUT2D eigenvalue weighted by Crippen LogP contribution is 2.27. The Hall–Kier alpha value is -1.30. The highest BCUT2D eigenvalue weighted by Gasteiger charge is 2.32. The minimum absolute atomic E-state index is 0.0701. The largest absolute Gasteiger partial charge is 0.431 e. The average Bonchev–Trinajstić information content (AvgIpc) is 2.01. The second-order valence-electron chi connectivity index (χ2n) is 2.88. The lowest BCUT2D eigenvalue weighted by Crippen LogP contribution is -2.22. The normalized spacial score (nSPS) is 11.8. The van der Waals surface area contributed by atoms with Gasteiger partial charge in [-0.3, -0.25) is 4.79 Å². The van der Waals surface area contributed by atoms with Crippen molar-refractivity contribution in [2.45, 2.75) is 19.6 Å². The van der Waals surface area contributed by atoms with Gasteiger partial charge < -0.3 is 10.7 Å². The quantitative estimate of drug-likeness (QED) is 0.724. The van der Waals surface area contributed by atoms with Crippen LogP contribution in [-0.4, -0.2) is 4.98 Å². The van der Waals surface area contributed by atoms with Crippen molar-refractivity contribution in [2.75, 3.05) is 0 Å². The van der Waals surface area contributed by atoms with Crippen LogP contribution < -0.4 is 11.3 Å². The van der Waals surface area contributed by atoms with Crippen molar-refractivity contribution in [3.63, 3.8) is 0 Å². The summed E-state index contributed by atoms with van der Waals surface area (Å²) in [6.45, 7) is 1.35. The summed E-state index contributed by atoms with van der Waals surface area (Å²) in [6.07, 6.45) is -4.53. The SMILES string of the molecule is Cc1cc(C(F)(F)F)[nH]c(=O)c1CN. The number of rotatable bonds is 1. The summed E-state index contributed by atoms with van der Waals surface area (Å²) in [5.74, 6) is 0. The highest BCUT2D eigenvalue weighted by atomic mass is 19.4. The average molecular weight is 206 g/mol. The second-order valence-corrected chi connectivity index (χ2v) is 2.88. The van der Waals surface area contributed by atoms with Crippen LogP contribution in [-0.2, 0) is 12.7 Å². The second kappa shape index (κ2) is 3.45. The zero-order chi connectivity index (χ0) is 10.9. The Bertz CT molecular complexity index is 395. The summed E-state index contributed by atoms with van der Waals surface area (Å²) in [4.78, 5) is 12.9. The van der Waals surface area contributed by atoms with Crippen molar-refractivity contribution in [3.05, 3.63) is 33.2 Å². The Morgan fingerprint density at radius 3 is 2.43 bits per heavy atom. The molecule has 0 atom stereocenters. The van der Waals surface area contributed by atoms with Gasteiger partial charge in [-0.15, -0.1) is 0 Å². The molecular weight excluding hydrogens is 197 g/mol. The molecule has 3 N–H and O–H groups in total. The number of halogens is 3. The van der Waals surface area contributed by atoms with Gasteiger partial charge in [0.05, 0.1) is 0 Å². The molecule has 78 valence electrons. The Morgan fingerprint density at radius 1 is 1.50 bits per heavy atom. The van der Waals surface area contributed by atoms with E-state index < -0.39 is 17.4 Å². The molecule has 0 radical (unpaired) electrons. The van der Waals surface area contributed by atoms with E-state index >= 15 is 0 Å². The third-order valence-electron chi connectivity index (χ3n) is 1.87. The molecule has 6 heteroatoms. The number of hydrogen-bond donors (Lipinski definition) is 2. The van der Waals surface area contributed by atoms with E-state index in [1.54, 1.807) is 4.98 Å². The summed E-state index contributed by atoms with van der Waals surface area (Å²) in [7, 11) is 0. The topological polar surface area (TPSA) is 58.9 Å². The fourth-order valence-corrected chi connectivity index (χ4v) is 1.12. The summed E-state index contributed by atoms with van der Waals surface area (Å²) >= 11 is 0. The zero-order valence-corrected chi connectivity index (χ0v) is 7.40. The van der Waals surface area contributed by atoms with E-state index in [2.05, 4.69) is 0 Å². The summed E-state index contributed by atoms with van der Waals surface area (Å²) in [5.41, 5.74) is 3.82. The highest BCUT2D eigenvalue weighted by molar-refractivity contribution is 5.26. The Kier molecular flexibility index (Phi) is 2.66. The smallest absolute Gasteiger partial charge is 0.326 e. The molecule has 3 nitrogen and oxygen atoms in total. The molecule has 0 aliphatic carbocycles. The van der Waals surface area contributed by atoms with Gasteiger partial charge in [0, 0.05) is 12.1 Å². The van der Waals surface area contributed by atoms with Crippen molar-refractivity contribution in [1.29, 1.82) is 0 Å². The molecule has 0 aliphatic rings. The summed E-state index contributed by atoms with van der Waals surface area (Å²) in [6, 6.07) is 0.879. The summed E-state index contributed by atoms with van der Waals surface area (Å²) < 4.78 is 36.5. The monoisotopic (exact) mass is 206 g/mol. The molecule has 1 rings (SSSR count). The number of aromatic nitrogens is 1. The lowest BCUT2D eigenvalue weighted by atomic mass is 10.1. The maximum absolute atomic E-state index is 12.2. The van der Waals surface area contributed by atoms with Crippen LogP contribution in [0.3, 0.4) is 0 Å². The van der Waals surface area contributed by atoms with Gasteiger partial charge in [-0.05, 0) is 18.6 Å². The predicted octanol–water partition coefficient (Wildman–Crippen LogP) is 1.16. The van der Waals surface area contributed by atoms with E-state index in [1.165, 1.54) is 6.92 Å². The Morgan fingerprint density at radius 2 is 2.07 bits per heavy atom. The van der Waals surface area contributed by atoms with Crippen LogP contribution in [0, 0.1) is 6.92 Å². The number of nitrogens with one attached hydrogen (secondary N) is 1. The van der Waals surface area contributed by atoms with Crippen molar-refractivity contribution < 1.29 is 13.2 Å². The molecule has 1 heterocycles. The fraction of sp³-hybridized carbons (Fsp3) is 0.375. The fourth-order valence-electron chi connectivity index (χ4n) is 1.12. The van der Waals surface area contributed by atoms with E-state index in [-0.39, 0.29) is 17.7 Å². The molecule has 0 bridgehead atoms. The van der Waals surface area contributed by atoms with Gasteiger partial charge in [0.1, 0.15) is 5.69 Å². The van der Waals surface area contributed by atoms with Crippen molar-refractivity contribution in [2.24, 2.45) is 5.73 Å². The maximum atomic E-state index is 12.2. The van der Waals surface area contributed by atoms with E-state index in [0.717, 1.165) is 6.07 Å². The molecule has 14 heavy (non-hydrogen) atoms. The number of H-pyrrole nitrogens is 1. The number of pyridine rings is 1. The first kappa shape index (κ1) is 10.8. The van der Waals surface area contributed by atoms with Crippen LogP contribution in [0.5, 0.6) is 0 Å². The maximum Gasteiger partial charge on any atom is 0.431 e. The minimum atomic E-state index is -4.53. The van der Waals surface area contributed by atoms with Crippen LogP contribution in [0.15, 0.2) is 10.9 Å². The zero-order valence-electron chi connectivity index (χ0n) is 7.40. The first-order chi connectivity index (χ1) is 6.36. The van der Waals surface area contributed by atoms with E-state index in [9.17, 15) is 18.0 Å². The Balaban J connectivity index is 3.36. The van der Waals surface area contributed by atoms with Crippen LogP contribution in [0.2, 0.25) is 0 Å². The number of hydrogen-bond acceptors (Lipinski definition) is 2. The molecule has 0 amide bonds. The van der Waals surface area contributed by atoms with Crippen LogP contribution in [0.4, 0.5) is 13.2 Å². The van der Waals surface area contributed by atoms with E-state index in [4.69, 9.17) is 5.73 Å². The first-order valence-corrected chi connectivity index (χ1v) is 3.86. The van der Waals surface area contributed by atoms with Gasteiger partial charge in [-0.1, -0.05) is 0 Å². The van der Waals surface area contributed by atoms with Gasteiger partial charge in [0.2, 0.25) is 0 Å².